The SMILES string of the molecule is O=C(O)COCCOC(=O)C(Cc1ccccc1)NC(=O)C(Cc1ccccc1)NC(=O)OCc1ccccc1. The molecule has 210 valence electrons. The van der Waals surface area contributed by atoms with Gasteiger partial charge in [-0.15, -0.1) is 0 Å². The molecule has 0 saturated carbocycles. The van der Waals surface area contributed by atoms with Gasteiger partial charge in [-0.05, 0) is 16.7 Å². The number of rotatable bonds is 15. The van der Waals surface area contributed by atoms with Crippen LogP contribution in [0.15, 0.2) is 91.0 Å². The zero-order chi connectivity index (χ0) is 28.6. The van der Waals surface area contributed by atoms with Crippen molar-refractivity contribution in [3.8, 4) is 0 Å². The zero-order valence-corrected chi connectivity index (χ0v) is 21.9. The molecule has 0 bridgehead atoms. The summed E-state index contributed by atoms with van der Waals surface area (Å²) in [4.78, 5) is 49.6. The number of ether oxygens (including phenoxy) is 3. The smallest absolute Gasteiger partial charge is 0.408 e. The van der Waals surface area contributed by atoms with Gasteiger partial charge in [-0.1, -0.05) is 91.0 Å². The highest BCUT2D eigenvalue weighted by atomic mass is 16.6. The number of esters is 1. The van der Waals surface area contributed by atoms with Gasteiger partial charge in [0.1, 0.15) is 31.9 Å². The molecule has 10 heteroatoms. The summed E-state index contributed by atoms with van der Waals surface area (Å²) in [7, 11) is 0. The van der Waals surface area contributed by atoms with Gasteiger partial charge >= 0.3 is 18.0 Å². The Kier molecular flexibility index (Phi) is 12.2. The molecule has 3 aromatic carbocycles. The van der Waals surface area contributed by atoms with Crippen molar-refractivity contribution in [3.05, 3.63) is 108 Å². The van der Waals surface area contributed by atoms with Crippen LogP contribution in [0.4, 0.5) is 4.79 Å². The van der Waals surface area contributed by atoms with E-state index < -0.39 is 42.6 Å². The Labute approximate surface area is 232 Å². The van der Waals surface area contributed by atoms with Gasteiger partial charge in [0.25, 0.3) is 0 Å². The molecule has 2 unspecified atom stereocenters. The first-order chi connectivity index (χ1) is 19.4. The van der Waals surface area contributed by atoms with Gasteiger partial charge < -0.3 is 30.0 Å². The van der Waals surface area contributed by atoms with Crippen LogP contribution in [0.25, 0.3) is 0 Å². The minimum absolute atomic E-state index is 0.0270. The molecule has 3 rings (SSSR count). The van der Waals surface area contributed by atoms with Crippen LogP contribution < -0.4 is 10.6 Å². The van der Waals surface area contributed by atoms with Crippen LogP contribution in [-0.4, -0.2) is 60.9 Å². The summed E-state index contributed by atoms with van der Waals surface area (Å²) in [5.41, 5.74) is 2.37. The van der Waals surface area contributed by atoms with Gasteiger partial charge in [0, 0.05) is 12.8 Å². The molecule has 0 radical (unpaired) electrons. The van der Waals surface area contributed by atoms with Crippen molar-refractivity contribution in [2.24, 2.45) is 0 Å². The fourth-order valence-electron chi connectivity index (χ4n) is 3.74. The predicted molar refractivity (Wildman–Crippen MR) is 145 cm³/mol. The summed E-state index contributed by atoms with van der Waals surface area (Å²) in [6.07, 6.45) is -0.487. The van der Waals surface area contributed by atoms with Crippen molar-refractivity contribution >= 4 is 23.9 Å². The molecule has 0 saturated heterocycles. The summed E-state index contributed by atoms with van der Waals surface area (Å²) in [5.74, 6) is -2.46. The molecule has 3 aromatic rings. The molecule has 3 N–H and O–H groups in total. The molecule has 40 heavy (non-hydrogen) atoms. The third-order valence-corrected chi connectivity index (χ3v) is 5.69. The van der Waals surface area contributed by atoms with E-state index in [1.165, 1.54) is 0 Å². The molecule has 0 fully saturated rings. The van der Waals surface area contributed by atoms with Crippen LogP contribution in [0.1, 0.15) is 16.7 Å². The number of carbonyl (C=O) groups is 4. The number of carboxylic acids is 1. The average Bonchev–Trinajstić information content (AvgIpc) is 2.96. The summed E-state index contributed by atoms with van der Waals surface area (Å²) >= 11 is 0. The molecule has 2 amide bonds. The fourth-order valence-corrected chi connectivity index (χ4v) is 3.74. The quantitative estimate of drug-likeness (QED) is 0.195. The lowest BCUT2D eigenvalue weighted by molar-refractivity contribution is -0.150. The minimum Gasteiger partial charge on any atom is -0.480 e. The minimum atomic E-state index is -1.14. The number of benzene rings is 3. The molecule has 0 aromatic heterocycles. The number of carbonyl (C=O) groups excluding carboxylic acids is 3. The highest BCUT2D eigenvalue weighted by Gasteiger charge is 2.28. The molecular formula is C30H32N2O8. The maximum absolute atomic E-state index is 13.4. The first-order valence-electron chi connectivity index (χ1n) is 12.7. The van der Waals surface area contributed by atoms with Crippen molar-refractivity contribution in [1.29, 1.82) is 0 Å². The van der Waals surface area contributed by atoms with Crippen LogP contribution in [0, 0.1) is 0 Å². The van der Waals surface area contributed by atoms with Gasteiger partial charge in [-0.25, -0.2) is 14.4 Å². The van der Waals surface area contributed by atoms with Crippen molar-refractivity contribution < 1.29 is 38.5 Å². The highest BCUT2D eigenvalue weighted by molar-refractivity contribution is 5.90. The van der Waals surface area contributed by atoms with E-state index in [-0.39, 0.29) is 32.7 Å². The van der Waals surface area contributed by atoms with Crippen LogP contribution >= 0.6 is 0 Å². The molecule has 10 nitrogen and oxygen atoms in total. The van der Waals surface area contributed by atoms with Crippen molar-refractivity contribution in [3.63, 3.8) is 0 Å². The lowest BCUT2D eigenvalue weighted by Crippen LogP contribution is -2.53. The number of hydrogen-bond acceptors (Lipinski definition) is 7. The van der Waals surface area contributed by atoms with E-state index in [9.17, 15) is 19.2 Å². The number of alkyl carbamates (subject to hydrolysis) is 1. The second-order valence-electron chi connectivity index (χ2n) is 8.81. The summed E-state index contributed by atoms with van der Waals surface area (Å²) < 4.78 is 15.5. The Bertz CT molecular complexity index is 1220. The van der Waals surface area contributed by atoms with E-state index in [1.807, 2.05) is 91.0 Å². The maximum Gasteiger partial charge on any atom is 0.408 e. The molecule has 0 heterocycles. The van der Waals surface area contributed by atoms with Crippen LogP contribution in [0.2, 0.25) is 0 Å². The van der Waals surface area contributed by atoms with Gasteiger partial charge in [0.05, 0.1) is 6.61 Å². The molecule has 0 aliphatic carbocycles. The normalized spacial score (nSPS) is 12.0. The number of aliphatic carboxylic acids is 1. The zero-order valence-electron chi connectivity index (χ0n) is 21.9. The third kappa shape index (κ3) is 11.0. The lowest BCUT2D eigenvalue weighted by Gasteiger charge is -2.23. The third-order valence-electron chi connectivity index (χ3n) is 5.69. The topological polar surface area (TPSA) is 140 Å². The van der Waals surface area contributed by atoms with E-state index in [0.717, 1.165) is 16.7 Å². The Morgan fingerprint density at radius 3 is 1.73 bits per heavy atom. The van der Waals surface area contributed by atoms with E-state index in [4.69, 9.17) is 19.3 Å². The van der Waals surface area contributed by atoms with E-state index in [2.05, 4.69) is 10.6 Å². The van der Waals surface area contributed by atoms with Crippen LogP contribution in [0.5, 0.6) is 0 Å². The lowest BCUT2D eigenvalue weighted by atomic mass is 10.0. The summed E-state index contributed by atoms with van der Waals surface area (Å²) in [5, 5.41) is 14.0. The van der Waals surface area contributed by atoms with Gasteiger partial charge in [0.15, 0.2) is 0 Å². The van der Waals surface area contributed by atoms with Crippen molar-refractivity contribution in [2.45, 2.75) is 31.5 Å². The standard InChI is InChI=1S/C30H32N2O8/c33-27(34)21-38-16-17-39-29(36)26(19-23-12-6-2-7-13-23)31-28(35)25(18-22-10-4-1-5-11-22)32-30(37)40-20-24-14-8-3-9-15-24/h1-15,25-26H,16-21H2,(H,31,35)(H,32,37)(H,33,34). The number of carboxylic acid groups (broad SMARTS) is 1. The van der Waals surface area contributed by atoms with E-state index in [0.29, 0.717) is 0 Å². The van der Waals surface area contributed by atoms with Crippen LogP contribution in [0.3, 0.4) is 0 Å². The Morgan fingerprint density at radius 2 is 1.18 bits per heavy atom. The molecule has 2 atom stereocenters. The van der Waals surface area contributed by atoms with Gasteiger partial charge in [0.2, 0.25) is 5.91 Å². The monoisotopic (exact) mass is 548 g/mol. The van der Waals surface area contributed by atoms with Crippen LogP contribution in [-0.2, 0) is 48.0 Å². The molecular weight excluding hydrogens is 516 g/mol. The van der Waals surface area contributed by atoms with Crippen molar-refractivity contribution in [1.82, 2.24) is 10.6 Å². The first-order valence-corrected chi connectivity index (χ1v) is 12.7. The van der Waals surface area contributed by atoms with Crippen molar-refractivity contribution in [2.75, 3.05) is 19.8 Å². The molecule has 0 spiro atoms. The highest BCUT2D eigenvalue weighted by Crippen LogP contribution is 2.09. The van der Waals surface area contributed by atoms with Gasteiger partial charge in [-0.2, -0.15) is 0 Å². The Morgan fingerprint density at radius 1 is 0.650 bits per heavy atom. The molecule has 0 aliphatic heterocycles. The van der Waals surface area contributed by atoms with Gasteiger partial charge in [-0.3, -0.25) is 4.79 Å². The predicted octanol–water partition coefficient (Wildman–Crippen LogP) is 2.90. The number of hydrogen-bond donors (Lipinski definition) is 3. The van der Waals surface area contributed by atoms with E-state index in [1.54, 1.807) is 0 Å². The fraction of sp³-hybridized carbons (Fsp3) is 0.267. The summed E-state index contributed by atoms with van der Waals surface area (Å²) in [6, 6.07) is 25.2. The summed E-state index contributed by atoms with van der Waals surface area (Å²) in [6.45, 7) is -0.797. The van der Waals surface area contributed by atoms with E-state index >= 15 is 0 Å². The number of nitrogens with one attached hydrogen (secondary N) is 2. The Balaban J connectivity index is 1.69. The second kappa shape index (κ2) is 16.3. The maximum atomic E-state index is 13.4. The first kappa shape index (κ1) is 29.9. The Hall–Kier alpha value is -4.70. The number of amides is 2. The average molecular weight is 549 g/mol. The molecule has 0 aliphatic rings. The largest absolute Gasteiger partial charge is 0.480 e. The second-order valence-corrected chi connectivity index (χ2v) is 8.81.